The zero-order valence-corrected chi connectivity index (χ0v) is 13.2. The second-order valence-corrected chi connectivity index (χ2v) is 6.05. The molecule has 0 saturated heterocycles. The van der Waals surface area contributed by atoms with E-state index in [1.807, 2.05) is 37.4 Å². The SMILES string of the molecule is Cc1ccc(SCCN(C)C(=O)Nc2ccccc2)cc1. The van der Waals surface area contributed by atoms with Gasteiger partial charge in [-0.05, 0) is 31.2 Å². The number of benzene rings is 2. The lowest BCUT2D eigenvalue weighted by Crippen LogP contribution is -2.33. The minimum Gasteiger partial charge on any atom is -0.327 e. The van der Waals surface area contributed by atoms with E-state index in [1.165, 1.54) is 10.5 Å². The van der Waals surface area contributed by atoms with E-state index in [1.54, 1.807) is 16.7 Å². The van der Waals surface area contributed by atoms with Crippen LogP contribution in [-0.2, 0) is 0 Å². The van der Waals surface area contributed by atoms with Gasteiger partial charge in [0.15, 0.2) is 0 Å². The zero-order chi connectivity index (χ0) is 15.1. The number of hydrogen-bond donors (Lipinski definition) is 1. The van der Waals surface area contributed by atoms with Crippen LogP contribution in [0.3, 0.4) is 0 Å². The number of nitrogens with zero attached hydrogens (tertiary/aromatic N) is 1. The Labute approximate surface area is 130 Å². The topological polar surface area (TPSA) is 32.3 Å². The first-order valence-corrected chi connectivity index (χ1v) is 7.90. The molecule has 0 heterocycles. The molecule has 0 aliphatic rings. The highest BCUT2D eigenvalue weighted by molar-refractivity contribution is 7.99. The van der Waals surface area contributed by atoms with E-state index >= 15 is 0 Å². The van der Waals surface area contributed by atoms with Crippen molar-refractivity contribution in [3.63, 3.8) is 0 Å². The molecule has 0 spiro atoms. The Morgan fingerprint density at radius 3 is 2.43 bits per heavy atom. The van der Waals surface area contributed by atoms with Crippen molar-refractivity contribution in [2.75, 3.05) is 24.7 Å². The van der Waals surface area contributed by atoms with Crippen LogP contribution < -0.4 is 5.32 Å². The van der Waals surface area contributed by atoms with Gasteiger partial charge in [-0.15, -0.1) is 11.8 Å². The Balaban J connectivity index is 1.75. The van der Waals surface area contributed by atoms with Gasteiger partial charge in [0.05, 0.1) is 0 Å². The number of thioether (sulfide) groups is 1. The Morgan fingerprint density at radius 1 is 1.10 bits per heavy atom. The predicted molar refractivity (Wildman–Crippen MR) is 90.0 cm³/mol. The summed E-state index contributed by atoms with van der Waals surface area (Å²) in [5, 5.41) is 2.88. The standard InChI is InChI=1S/C17H20N2OS/c1-14-8-10-16(11-9-14)21-13-12-19(2)17(20)18-15-6-4-3-5-7-15/h3-11H,12-13H2,1-2H3,(H,18,20). The molecule has 21 heavy (non-hydrogen) atoms. The van der Waals surface area contributed by atoms with Crippen LogP contribution in [0.4, 0.5) is 10.5 Å². The first-order valence-electron chi connectivity index (χ1n) is 6.92. The lowest BCUT2D eigenvalue weighted by Gasteiger charge is -2.17. The third-order valence-corrected chi connectivity index (χ3v) is 4.08. The molecule has 0 aromatic heterocycles. The van der Waals surface area contributed by atoms with Crippen LogP contribution in [0.25, 0.3) is 0 Å². The highest BCUT2D eigenvalue weighted by Crippen LogP contribution is 2.18. The first-order chi connectivity index (χ1) is 10.1. The predicted octanol–water partition coefficient (Wildman–Crippen LogP) is 4.25. The van der Waals surface area contributed by atoms with Crippen molar-refractivity contribution >= 4 is 23.5 Å². The number of anilines is 1. The molecule has 3 nitrogen and oxygen atoms in total. The van der Waals surface area contributed by atoms with Crippen molar-refractivity contribution < 1.29 is 4.79 Å². The average Bonchev–Trinajstić information content (AvgIpc) is 2.50. The summed E-state index contributed by atoms with van der Waals surface area (Å²) < 4.78 is 0. The second-order valence-electron chi connectivity index (χ2n) is 4.88. The summed E-state index contributed by atoms with van der Waals surface area (Å²) >= 11 is 1.76. The van der Waals surface area contributed by atoms with E-state index in [0.29, 0.717) is 6.54 Å². The Morgan fingerprint density at radius 2 is 1.76 bits per heavy atom. The number of aryl methyl sites for hydroxylation is 1. The summed E-state index contributed by atoms with van der Waals surface area (Å²) in [6.07, 6.45) is 0. The molecular weight excluding hydrogens is 280 g/mol. The molecular formula is C17H20N2OS. The molecule has 0 fully saturated rings. The van der Waals surface area contributed by atoms with Gasteiger partial charge in [-0.25, -0.2) is 4.79 Å². The van der Waals surface area contributed by atoms with Crippen LogP contribution in [0.15, 0.2) is 59.5 Å². The molecule has 0 unspecified atom stereocenters. The molecule has 0 bridgehead atoms. The monoisotopic (exact) mass is 300 g/mol. The van der Waals surface area contributed by atoms with Crippen molar-refractivity contribution in [3.8, 4) is 0 Å². The number of amides is 2. The summed E-state index contributed by atoms with van der Waals surface area (Å²) in [5.41, 5.74) is 2.08. The molecule has 2 rings (SSSR count). The largest absolute Gasteiger partial charge is 0.327 e. The number of carbonyl (C=O) groups excluding carboxylic acids is 1. The van der Waals surface area contributed by atoms with Gasteiger partial charge in [-0.1, -0.05) is 35.9 Å². The minimum atomic E-state index is -0.0780. The highest BCUT2D eigenvalue weighted by atomic mass is 32.2. The summed E-state index contributed by atoms with van der Waals surface area (Å²) in [4.78, 5) is 14.9. The first kappa shape index (κ1) is 15.4. The van der Waals surface area contributed by atoms with Crippen LogP contribution in [0.5, 0.6) is 0 Å². The Hall–Kier alpha value is -1.94. The molecule has 110 valence electrons. The fraction of sp³-hybridized carbons (Fsp3) is 0.235. The van der Waals surface area contributed by atoms with Gasteiger partial charge in [-0.2, -0.15) is 0 Å². The second kappa shape index (κ2) is 7.74. The molecule has 2 amide bonds. The van der Waals surface area contributed by atoms with Gasteiger partial charge in [-0.3, -0.25) is 0 Å². The van der Waals surface area contributed by atoms with Gasteiger partial charge in [0.1, 0.15) is 0 Å². The molecule has 4 heteroatoms. The summed E-state index contributed by atoms with van der Waals surface area (Å²) in [5.74, 6) is 0.877. The van der Waals surface area contributed by atoms with Gasteiger partial charge >= 0.3 is 6.03 Å². The Bertz CT molecular complexity index is 569. The fourth-order valence-electron chi connectivity index (χ4n) is 1.78. The average molecular weight is 300 g/mol. The maximum atomic E-state index is 12.0. The quantitative estimate of drug-likeness (QED) is 0.837. The number of para-hydroxylation sites is 1. The highest BCUT2D eigenvalue weighted by Gasteiger charge is 2.08. The van der Waals surface area contributed by atoms with E-state index in [-0.39, 0.29) is 6.03 Å². The third-order valence-electron chi connectivity index (χ3n) is 3.09. The van der Waals surface area contributed by atoms with E-state index in [4.69, 9.17) is 0 Å². The van der Waals surface area contributed by atoms with Crippen molar-refractivity contribution in [2.45, 2.75) is 11.8 Å². The van der Waals surface area contributed by atoms with Crippen LogP contribution in [0.1, 0.15) is 5.56 Å². The van der Waals surface area contributed by atoms with Gasteiger partial charge in [0.2, 0.25) is 0 Å². The fourth-order valence-corrected chi connectivity index (χ4v) is 2.71. The Kier molecular flexibility index (Phi) is 5.69. The number of nitrogens with one attached hydrogen (secondary N) is 1. The van der Waals surface area contributed by atoms with Crippen LogP contribution in [0.2, 0.25) is 0 Å². The zero-order valence-electron chi connectivity index (χ0n) is 12.4. The van der Waals surface area contributed by atoms with E-state index < -0.39 is 0 Å². The number of carbonyl (C=O) groups is 1. The van der Waals surface area contributed by atoms with Gasteiger partial charge in [0.25, 0.3) is 0 Å². The van der Waals surface area contributed by atoms with E-state index in [2.05, 4.69) is 36.5 Å². The molecule has 0 atom stereocenters. The summed E-state index contributed by atoms with van der Waals surface area (Å²) in [7, 11) is 1.81. The normalized spacial score (nSPS) is 10.2. The molecule has 1 N–H and O–H groups in total. The van der Waals surface area contributed by atoms with Crippen LogP contribution in [0, 0.1) is 6.92 Å². The molecule has 0 saturated carbocycles. The molecule has 2 aromatic carbocycles. The molecule has 0 aliphatic heterocycles. The molecule has 2 aromatic rings. The lowest BCUT2D eigenvalue weighted by molar-refractivity contribution is 0.225. The maximum Gasteiger partial charge on any atom is 0.321 e. The number of hydrogen-bond acceptors (Lipinski definition) is 2. The van der Waals surface area contributed by atoms with Crippen molar-refractivity contribution in [1.29, 1.82) is 0 Å². The summed E-state index contributed by atoms with van der Waals surface area (Å²) in [6.45, 7) is 2.79. The minimum absolute atomic E-state index is 0.0780. The van der Waals surface area contributed by atoms with Crippen LogP contribution in [-0.4, -0.2) is 30.3 Å². The van der Waals surface area contributed by atoms with Gasteiger partial charge in [0, 0.05) is 29.9 Å². The maximum absolute atomic E-state index is 12.0. The summed E-state index contributed by atoms with van der Waals surface area (Å²) in [6, 6.07) is 17.9. The third kappa shape index (κ3) is 5.16. The van der Waals surface area contributed by atoms with Crippen molar-refractivity contribution in [2.24, 2.45) is 0 Å². The smallest absolute Gasteiger partial charge is 0.321 e. The molecule has 0 aliphatic carbocycles. The van der Waals surface area contributed by atoms with Gasteiger partial charge < -0.3 is 10.2 Å². The van der Waals surface area contributed by atoms with Crippen LogP contribution >= 0.6 is 11.8 Å². The van der Waals surface area contributed by atoms with Crippen molar-refractivity contribution in [1.82, 2.24) is 4.90 Å². The van der Waals surface area contributed by atoms with E-state index in [9.17, 15) is 4.79 Å². The van der Waals surface area contributed by atoms with Crippen molar-refractivity contribution in [3.05, 3.63) is 60.2 Å². The lowest BCUT2D eigenvalue weighted by atomic mass is 10.2. The number of urea groups is 1. The molecule has 0 radical (unpaired) electrons. The number of rotatable bonds is 5. The van der Waals surface area contributed by atoms with E-state index in [0.717, 1.165) is 11.4 Å².